The van der Waals surface area contributed by atoms with Crippen LogP contribution in [0.4, 0.5) is 0 Å². The van der Waals surface area contributed by atoms with E-state index >= 15 is 0 Å². The monoisotopic (exact) mass is 300 g/mol. The molecule has 0 aliphatic heterocycles. The molecule has 1 aromatic heterocycles. The first-order valence-electron chi connectivity index (χ1n) is 6.13. The summed E-state index contributed by atoms with van der Waals surface area (Å²) in [5, 5.41) is 11.1. The van der Waals surface area contributed by atoms with Crippen LogP contribution >= 0.6 is 11.5 Å². The lowest BCUT2D eigenvalue weighted by atomic mass is 9.80. The van der Waals surface area contributed by atoms with Crippen LogP contribution in [0.5, 0.6) is 5.88 Å². The molecule has 1 N–H and O–H groups in total. The average Bonchev–Trinajstić information content (AvgIpc) is 2.73. The van der Waals surface area contributed by atoms with Crippen LogP contribution in [-0.4, -0.2) is 40.4 Å². The predicted octanol–water partition coefficient (Wildman–Crippen LogP) is 1.86. The molecule has 0 bridgehead atoms. The van der Waals surface area contributed by atoms with Crippen LogP contribution in [0.3, 0.4) is 0 Å². The third-order valence-corrected chi connectivity index (χ3v) is 3.60. The standard InChI is InChI=1S/C13H20N2O4S/c1-13(2,3)9(12(17)18)11(16)15(4)6-8-7-20-14-10(8)19-5/h7,9H,6H2,1-5H3,(H,17,18)/t9-/m0/s1. The van der Waals surface area contributed by atoms with Crippen molar-refractivity contribution in [3.05, 3.63) is 10.9 Å². The number of amides is 1. The number of rotatable bonds is 5. The van der Waals surface area contributed by atoms with Crippen LogP contribution < -0.4 is 4.74 Å². The van der Waals surface area contributed by atoms with E-state index in [1.807, 2.05) is 0 Å². The molecule has 0 fully saturated rings. The van der Waals surface area contributed by atoms with E-state index in [4.69, 9.17) is 4.74 Å². The highest BCUT2D eigenvalue weighted by Gasteiger charge is 2.39. The van der Waals surface area contributed by atoms with Gasteiger partial charge in [0.1, 0.15) is 5.92 Å². The summed E-state index contributed by atoms with van der Waals surface area (Å²) < 4.78 is 9.13. The number of carboxylic acids is 1. The highest BCUT2D eigenvalue weighted by Crippen LogP contribution is 2.29. The predicted molar refractivity (Wildman–Crippen MR) is 75.7 cm³/mol. The molecule has 112 valence electrons. The fourth-order valence-electron chi connectivity index (χ4n) is 1.92. The minimum Gasteiger partial charge on any atom is -0.481 e. The van der Waals surface area contributed by atoms with Crippen molar-refractivity contribution in [2.24, 2.45) is 11.3 Å². The van der Waals surface area contributed by atoms with Crippen molar-refractivity contribution in [3.63, 3.8) is 0 Å². The topological polar surface area (TPSA) is 79.7 Å². The van der Waals surface area contributed by atoms with Crippen LogP contribution in [0.2, 0.25) is 0 Å². The first-order valence-corrected chi connectivity index (χ1v) is 6.97. The van der Waals surface area contributed by atoms with E-state index in [-0.39, 0.29) is 6.54 Å². The van der Waals surface area contributed by atoms with Gasteiger partial charge in [-0.25, -0.2) is 0 Å². The Morgan fingerprint density at radius 3 is 2.55 bits per heavy atom. The van der Waals surface area contributed by atoms with Gasteiger partial charge in [-0.2, -0.15) is 4.37 Å². The van der Waals surface area contributed by atoms with Gasteiger partial charge in [0, 0.05) is 18.0 Å². The summed E-state index contributed by atoms with van der Waals surface area (Å²) in [6.07, 6.45) is 0. The van der Waals surface area contributed by atoms with Crippen molar-refractivity contribution in [2.45, 2.75) is 27.3 Å². The molecular weight excluding hydrogens is 280 g/mol. The van der Waals surface area contributed by atoms with Gasteiger partial charge < -0.3 is 14.7 Å². The fraction of sp³-hybridized carbons (Fsp3) is 0.615. The van der Waals surface area contributed by atoms with Gasteiger partial charge in [-0.1, -0.05) is 20.8 Å². The molecule has 1 atom stereocenters. The van der Waals surface area contributed by atoms with E-state index in [9.17, 15) is 14.7 Å². The maximum Gasteiger partial charge on any atom is 0.316 e. The summed E-state index contributed by atoms with van der Waals surface area (Å²) in [6.45, 7) is 5.50. The Labute approximate surface area is 122 Å². The van der Waals surface area contributed by atoms with Crippen molar-refractivity contribution < 1.29 is 19.4 Å². The molecule has 6 nitrogen and oxygen atoms in total. The lowest BCUT2D eigenvalue weighted by molar-refractivity contribution is -0.155. The number of carboxylic acid groups (broad SMARTS) is 1. The van der Waals surface area contributed by atoms with Crippen molar-refractivity contribution in [3.8, 4) is 5.88 Å². The third-order valence-electron chi connectivity index (χ3n) is 2.94. The highest BCUT2D eigenvalue weighted by molar-refractivity contribution is 7.03. The first kappa shape index (κ1) is 16.4. The Hall–Kier alpha value is -1.63. The van der Waals surface area contributed by atoms with Gasteiger partial charge in [0.2, 0.25) is 11.8 Å². The molecule has 0 unspecified atom stereocenters. The first-order chi connectivity index (χ1) is 9.18. The summed E-state index contributed by atoms with van der Waals surface area (Å²) in [5.74, 6) is -2.13. The molecule has 0 aromatic carbocycles. The SMILES string of the molecule is COc1nscc1CN(C)C(=O)[C@@H](C(=O)O)C(C)(C)C. The van der Waals surface area contributed by atoms with Crippen LogP contribution in [0.1, 0.15) is 26.3 Å². The normalized spacial score (nSPS) is 12.8. The largest absolute Gasteiger partial charge is 0.481 e. The van der Waals surface area contributed by atoms with Gasteiger partial charge in [0.15, 0.2) is 0 Å². The van der Waals surface area contributed by atoms with Crippen LogP contribution in [-0.2, 0) is 16.1 Å². The molecular formula is C13H20N2O4S. The quantitative estimate of drug-likeness (QED) is 0.840. The van der Waals surface area contributed by atoms with Crippen LogP contribution in [0.25, 0.3) is 0 Å². The Balaban J connectivity index is 2.88. The second kappa shape index (κ2) is 6.21. The van der Waals surface area contributed by atoms with Crippen molar-refractivity contribution in [1.82, 2.24) is 9.27 Å². The zero-order valence-corrected chi connectivity index (χ0v) is 13.2. The smallest absolute Gasteiger partial charge is 0.316 e. The van der Waals surface area contributed by atoms with Crippen LogP contribution in [0, 0.1) is 11.3 Å². The Morgan fingerprint density at radius 2 is 2.10 bits per heavy atom. The zero-order chi connectivity index (χ0) is 15.5. The molecule has 0 spiro atoms. The minimum atomic E-state index is -1.11. The van der Waals surface area contributed by atoms with Gasteiger partial charge in [0.25, 0.3) is 0 Å². The lowest BCUT2D eigenvalue weighted by Gasteiger charge is -2.29. The molecule has 0 saturated heterocycles. The molecule has 0 radical (unpaired) electrons. The van der Waals surface area contributed by atoms with Gasteiger partial charge in [-0.05, 0) is 16.9 Å². The molecule has 20 heavy (non-hydrogen) atoms. The van der Waals surface area contributed by atoms with Gasteiger partial charge in [-0.15, -0.1) is 0 Å². The molecule has 1 aromatic rings. The number of carbonyl (C=O) groups is 2. The van der Waals surface area contributed by atoms with Crippen LogP contribution in [0.15, 0.2) is 5.38 Å². The van der Waals surface area contributed by atoms with E-state index in [1.54, 1.807) is 33.2 Å². The van der Waals surface area contributed by atoms with Crippen molar-refractivity contribution in [1.29, 1.82) is 0 Å². The molecule has 0 aliphatic rings. The van der Waals surface area contributed by atoms with E-state index in [0.717, 1.165) is 5.56 Å². The summed E-state index contributed by atoms with van der Waals surface area (Å²) in [4.78, 5) is 25.1. The van der Waals surface area contributed by atoms with Crippen molar-refractivity contribution >= 4 is 23.4 Å². The highest BCUT2D eigenvalue weighted by atomic mass is 32.1. The Kier molecular flexibility index (Phi) is 5.10. The molecule has 1 rings (SSSR count). The zero-order valence-electron chi connectivity index (χ0n) is 12.3. The van der Waals surface area contributed by atoms with Crippen molar-refractivity contribution in [2.75, 3.05) is 14.2 Å². The second-order valence-corrected chi connectivity index (χ2v) is 6.31. The summed E-state index contributed by atoms with van der Waals surface area (Å²) in [6, 6.07) is 0. The van der Waals surface area contributed by atoms with Gasteiger partial charge in [0.05, 0.1) is 13.7 Å². The summed E-state index contributed by atoms with van der Waals surface area (Å²) >= 11 is 1.24. The van der Waals surface area contributed by atoms with E-state index in [1.165, 1.54) is 23.5 Å². The molecule has 7 heteroatoms. The van der Waals surface area contributed by atoms with E-state index in [2.05, 4.69) is 4.37 Å². The molecule has 0 saturated carbocycles. The fourth-order valence-corrected chi connectivity index (χ4v) is 2.56. The molecule has 0 aliphatic carbocycles. The maximum atomic E-state index is 12.3. The number of hydrogen-bond donors (Lipinski definition) is 1. The van der Waals surface area contributed by atoms with E-state index in [0.29, 0.717) is 5.88 Å². The number of nitrogens with zero attached hydrogens (tertiary/aromatic N) is 2. The third kappa shape index (κ3) is 3.69. The summed E-state index contributed by atoms with van der Waals surface area (Å²) in [5.41, 5.74) is 0.125. The number of carbonyl (C=O) groups excluding carboxylic acids is 1. The summed E-state index contributed by atoms with van der Waals surface area (Å²) in [7, 11) is 3.09. The number of aliphatic carboxylic acids is 1. The van der Waals surface area contributed by atoms with E-state index < -0.39 is 23.2 Å². The minimum absolute atomic E-state index is 0.276. The number of hydrogen-bond acceptors (Lipinski definition) is 5. The van der Waals surface area contributed by atoms with Gasteiger partial charge >= 0.3 is 5.97 Å². The number of ether oxygens (including phenoxy) is 1. The number of aromatic nitrogens is 1. The molecule has 1 heterocycles. The Morgan fingerprint density at radius 1 is 1.50 bits per heavy atom. The molecule has 1 amide bonds. The lowest BCUT2D eigenvalue weighted by Crippen LogP contribution is -2.43. The second-order valence-electron chi connectivity index (χ2n) is 5.68. The average molecular weight is 300 g/mol. The van der Waals surface area contributed by atoms with Gasteiger partial charge in [-0.3, -0.25) is 9.59 Å². The maximum absolute atomic E-state index is 12.3. The number of methoxy groups -OCH3 is 1. The Bertz CT molecular complexity index is 493.